The van der Waals surface area contributed by atoms with Crippen LogP contribution in [0.5, 0.6) is 0 Å². The molecule has 0 saturated heterocycles. The Balaban J connectivity index is 1.80. The van der Waals surface area contributed by atoms with E-state index in [-0.39, 0.29) is 24.4 Å². The molecule has 0 bridgehead atoms. The van der Waals surface area contributed by atoms with Crippen LogP contribution in [0.25, 0.3) is 11.5 Å². The van der Waals surface area contributed by atoms with Crippen molar-refractivity contribution in [3.05, 3.63) is 71.1 Å². The number of ether oxygens (including phenoxy) is 1. The quantitative estimate of drug-likeness (QED) is 0.408. The van der Waals surface area contributed by atoms with Crippen LogP contribution in [0.3, 0.4) is 0 Å². The molecule has 34 heavy (non-hydrogen) atoms. The largest absolute Gasteiger partial charge is 0.444 e. The molecule has 1 heterocycles. The molecule has 0 unspecified atom stereocenters. The molecule has 0 aliphatic rings. The molecule has 0 aliphatic heterocycles. The lowest BCUT2D eigenvalue weighted by molar-refractivity contribution is -0.137. The Morgan fingerprint density at radius 3 is 2.26 bits per heavy atom. The summed E-state index contributed by atoms with van der Waals surface area (Å²) in [5, 5.41) is 8.23. The third-order valence-corrected chi connectivity index (χ3v) is 4.95. The zero-order chi connectivity index (χ0) is 25.1. The molecule has 1 aromatic heterocycles. The monoisotopic (exact) mass is 475 g/mol. The third kappa shape index (κ3) is 6.59. The van der Waals surface area contributed by atoms with Gasteiger partial charge in [0.2, 0.25) is 11.8 Å². The van der Waals surface area contributed by atoms with Gasteiger partial charge in [-0.15, -0.1) is 10.2 Å². The van der Waals surface area contributed by atoms with Gasteiger partial charge < -0.3 is 9.15 Å². The van der Waals surface area contributed by atoms with Gasteiger partial charge in [0.15, 0.2) is 0 Å². The fraction of sp³-hybridized carbons (Fsp3) is 0.400. The molecule has 182 valence electrons. The van der Waals surface area contributed by atoms with Gasteiger partial charge in [0.05, 0.1) is 5.56 Å². The molecule has 0 aliphatic carbocycles. The predicted octanol–water partition coefficient (Wildman–Crippen LogP) is 6.49. The highest BCUT2D eigenvalue weighted by atomic mass is 19.4. The Hall–Kier alpha value is -3.36. The van der Waals surface area contributed by atoms with Gasteiger partial charge in [0.25, 0.3) is 0 Å². The van der Waals surface area contributed by atoms with Crippen molar-refractivity contribution in [2.45, 2.75) is 65.4 Å². The van der Waals surface area contributed by atoms with E-state index in [4.69, 9.17) is 9.15 Å². The van der Waals surface area contributed by atoms with Crippen molar-refractivity contribution in [2.75, 3.05) is 0 Å². The summed E-state index contributed by atoms with van der Waals surface area (Å²) in [4.78, 5) is 14.1. The third-order valence-electron chi connectivity index (χ3n) is 4.95. The van der Waals surface area contributed by atoms with Crippen molar-refractivity contribution in [3.63, 3.8) is 0 Å². The van der Waals surface area contributed by atoms with E-state index in [1.807, 2.05) is 38.1 Å². The van der Waals surface area contributed by atoms with E-state index in [0.717, 1.165) is 23.3 Å². The van der Waals surface area contributed by atoms with Gasteiger partial charge in [-0.25, -0.2) is 4.79 Å². The van der Waals surface area contributed by atoms with Gasteiger partial charge in [0, 0.05) is 11.6 Å². The predicted molar refractivity (Wildman–Crippen MR) is 121 cm³/mol. The van der Waals surface area contributed by atoms with Crippen LogP contribution in [0.1, 0.15) is 57.2 Å². The summed E-state index contributed by atoms with van der Waals surface area (Å²) in [7, 11) is 0. The van der Waals surface area contributed by atoms with E-state index in [9.17, 15) is 18.0 Å². The van der Waals surface area contributed by atoms with Crippen LogP contribution in [0.15, 0.2) is 52.9 Å². The van der Waals surface area contributed by atoms with Crippen LogP contribution in [0.2, 0.25) is 0 Å². The number of alkyl halides is 3. The average Bonchev–Trinajstić information content (AvgIpc) is 3.19. The highest BCUT2D eigenvalue weighted by molar-refractivity contribution is 5.68. The van der Waals surface area contributed by atoms with Crippen molar-refractivity contribution >= 4 is 6.09 Å². The highest BCUT2D eigenvalue weighted by Crippen LogP contribution is 2.30. The number of carbonyl (C=O) groups excluding carboxylic acids is 1. The van der Waals surface area contributed by atoms with E-state index in [1.165, 1.54) is 17.0 Å². The number of aromatic nitrogens is 2. The standard InChI is InChI=1S/C25H28F3N3O3/c1-16(2)31(23(32)34-24(3,4)5)15-21-29-30-22(33-21)20-9-7-6-8-18(20)14-17-10-12-19(13-11-17)25(26,27)28/h6-13,16H,14-15H2,1-5H3. The number of halogens is 3. The van der Waals surface area contributed by atoms with Crippen molar-refractivity contribution in [1.29, 1.82) is 0 Å². The normalized spacial score (nSPS) is 12.1. The molecule has 0 spiro atoms. The molecule has 0 N–H and O–H groups in total. The maximum atomic E-state index is 12.8. The molecule has 9 heteroatoms. The topological polar surface area (TPSA) is 68.5 Å². The van der Waals surface area contributed by atoms with Gasteiger partial charge in [0.1, 0.15) is 12.1 Å². The fourth-order valence-corrected chi connectivity index (χ4v) is 3.27. The minimum atomic E-state index is -4.38. The minimum absolute atomic E-state index is 0.0840. The van der Waals surface area contributed by atoms with Gasteiger partial charge >= 0.3 is 12.3 Å². The van der Waals surface area contributed by atoms with Gasteiger partial charge in [-0.2, -0.15) is 13.2 Å². The average molecular weight is 476 g/mol. The minimum Gasteiger partial charge on any atom is -0.444 e. The van der Waals surface area contributed by atoms with E-state index in [1.54, 1.807) is 20.8 Å². The SMILES string of the molecule is CC(C)N(Cc1nnc(-c2ccccc2Cc2ccc(C(F)(F)F)cc2)o1)C(=O)OC(C)(C)C. The number of amides is 1. The lowest BCUT2D eigenvalue weighted by Gasteiger charge is -2.29. The summed E-state index contributed by atoms with van der Waals surface area (Å²) in [5.74, 6) is 0.518. The lowest BCUT2D eigenvalue weighted by Crippen LogP contribution is -2.40. The first-order chi connectivity index (χ1) is 15.8. The number of benzene rings is 2. The Bertz CT molecular complexity index is 1120. The van der Waals surface area contributed by atoms with E-state index in [0.29, 0.717) is 12.0 Å². The molecule has 1 amide bonds. The zero-order valence-corrected chi connectivity index (χ0v) is 19.8. The van der Waals surface area contributed by atoms with Crippen molar-refractivity contribution in [2.24, 2.45) is 0 Å². The second-order valence-electron chi connectivity index (χ2n) is 9.23. The summed E-state index contributed by atoms with van der Waals surface area (Å²) in [6.07, 6.45) is -4.47. The second-order valence-corrected chi connectivity index (χ2v) is 9.23. The second kappa shape index (κ2) is 9.87. The van der Waals surface area contributed by atoms with Gasteiger partial charge in [-0.05, 0) is 70.4 Å². The Kier molecular flexibility index (Phi) is 7.33. The molecule has 3 aromatic rings. The maximum Gasteiger partial charge on any atom is 0.416 e. The molecule has 0 radical (unpaired) electrons. The van der Waals surface area contributed by atoms with Crippen molar-refractivity contribution in [1.82, 2.24) is 15.1 Å². The first kappa shape index (κ1) is 25.3. The molecular weight excluding hydrogens is 447 g/mol. The number of hydrogen-bond donors (Lipinski definition) is 0. The number of nitrogens with zero attached hydrogens (tertiary/aromatic N) is 3. The van der Waals surface area contributed by atoms with Crippen LogP contribution in [0, 0.1) is 0 Å². The molecular formula is C25H28F3N3O3. The Labute approximate surface area is 196 Å². The number of hydrogen-bond acceptors (Lipinski definition) is 5. The number of rotatable bonds is 6. The number of carbonyl (C=O) groups is 1. The highest BCUT2D eigenvalue weighted by Gasteiger charge is 2.30. The molecule has 3 rings (SSSR count). The van der Waals surface area contributed by atoms with Gasteiger partial charge in [-0.1, -0.05) is 30.3 Å². The Morgan fingerprint density at radius 1 is 1.03 bits per heavy atom. The van der Waals surface area contributed by atoms with Crippen LogP contribution >= 0.6 is 0 Å². The summed E-state index contributed by atoms with van der Waals surface area (Å²) in [5.41, 5.74) is 0.892. The molecule has 6 nitrogen and oxygen atoms in total. The van der Waals surface area contributed by atoms with Crippen LogP contribution in [-0.4, -0.2) is 32.8 Å². The van der Waals surface area contributed by atoms with Crippen molar-refractivity contribution in [3.8, 4) is 11.5 Å². The maximum absolute atomic E-state index is 12.8. The van der Waals surface area contributed by atoms with E-state index < -0.39 is 23.4 Å². The molecule has 0 fully saturated rings. The fourth-order valence-electron chi connectivity index (χ4n) is 3.27. The smallest absolute Gasteiger partial charge is 0.416 e. The summed E-state index contributed by atoms with van der Waals surface area (Å²) in [6, 6.07) is 12.2. The van der Waals surface area contributed by atoms with Crippen molar-refractivity contribution < 1.29 is 27.1 Å². The summed E-state index contributed by atoms with van der Waals surface area (Å²) >= 11 is 0. The van der Waals surface area contributed by atoms with Crippen LogP contribution in [0.4, 0.5) is 18.0 Å². The van der Waals surface area contributed by atoms with Gasteiger partial charge in [-0.3, -0.25) is 4.90 Å². The summed E-state index contributed by atoms with van der Waals surface area (Å²) in [6.45, 7) is 9.19. The molecule has 0 saturated carbocycles. The zero-order valence-electron chi connectivity index (χ0n) is 19.8. The van der Waals surface area contributed by atoms with E-state index >= 15 is 0 Å². The van der Waals surface area contributed by atoms with Crippen LogP contribution < -0.4 is 0 Å². The summed E-state index contributed by atoms with van der Waals surface area (Å²) < 4.78 is 49.9. The van der Waals surface area contributed by atoms with Crippen LogP contribution in [-0.2, 0) is 23.9 Å². The molecule has 2 aromatic carbocycles. The first-order valence-corrected chi connectivity index (χ1v) is 10.9. The lowest BCUT2D eigenvalue weighted by atomic mass is 9.99. The first-order valence-electron chi connectivity index (χ1n) is 10.9. The Morgan fingerprint density at radius 2 is 1.68 bits per heavy atom. The van der Waals surface area contributed by atoms with E-state index in [2.05, 4.69) is 10.2 Å². The molecule has 0 atom stereocenters.